The lowest BCUT2D eigenvalue weighted by Crippen LogP contribution is -2.43. The molecule has 4 rings (SSSR count). The van der Waals surface area contributed by atoms with Crippen LogP contribution in [-0.2, 0) is 21.1 Å². The fraction of sp³-hybridized carbons (Fsp3) is 0.286. The lowest BCUT2D eigenvalue weighted by molar-refractivity contribution is -0.130. The average Bonchev–Trinajstić information content (AvgIpc) is 3.05. The normalized spacial score (nSPS) is 16.4. The van der Waals surface area contributed by atoms with Gasteiger partial charge in [-0.2, -0.15) is 0 Å². The Kier molecular flexibility index (Phi) is 4.93. The number of halogens is 1. The summed E-state index contributed by atoms with van der Waals surface area (Å²) < 4.78 is 36.5. The van der Waals surface area contributed by atoms with Crippen molar-refractivity contribution in [2.45, 2.75) is 12.8 Å². The minimum absolute atomic E-state index is 0.0344. The van der Waals surface area contributed by atoms with E-state index in [2.05, 4.69) is 4.98 Å². The molecule has 5 nitrogen and oxygen atoms in total. The number of benzene rings is 2. The first-order chi connectivity index (χ1) is 13.4. The molecule has 0 aliphatic carbocycles. The van der Waals surface area contributed by atoms with E-state index < -0.39 is 9.84 Å². The Bertz CT molecular complexity index is 1110. The topological polar surface area (TPSA) is 70.2 Å². The molecule has 1 aromatic heterocycles. The molecule has 0 saturated carbocycles. The largest absolute Gasteiger partial charge is 0.354 e. The highest BCUT2D eigenvalue weighted by Gasteiger charge is 2.25. The number of rotatable bonds is 4. The van der Waals surface area contributed by atoms with E-state index in [0.29, 0.717) is 12.8 Å². The van der Waals surface area contributed by atoms with E-state index in [0.717, 1.165) is 27.7 Å². The van der Waals surface area contributed by atoms with Crippen molar-refractivity contribution < 1.29 is 17.6 Å². The Balaban J connectivity index is 1.58. The predicted octanol–water partition coefficient (Wildman–Crippen LogP) is 3.16. The molecular weight excluding hydrogens is 379 g/mol. The number of aryl methyl sites for hydroxylation is 1. The molecule has 7 heteroatoms. The second kappa shape index (κ2) is 7.39. The van der Waals surface area contributed by atoms with Gasteiger partial charge in [0.15, 0.2) is 9.84 Å². The van der Waals surface area contributed by atoms with Gasteiger partial charge in [-0.3, -0.25) is 4.79 Å². The molecule has 0 spiro atoms. The van der Waals surface area contributed by atoms with E-state index in [1.165, 1.54) is 12.1 Å². The number of hydrogen-bond acceptors (Lipinski definition) is 3. The number of hydrogen-bond donors (Lipinski definition) is 1. The second-order valence-corrected chi connectivity index (χ2v) is 9.37. The molecule has 1 N–H and O–H groups in total. The highest BCUT2D eigenvalue weighted by Crippen LogP contribution is 2.31. The highest BCUT2D eigenvalue weighted by molar-refractivity contribution is 7.91. The van der Waals surface area contributed by atoms with Crippen molar-refractivity contribution in [1.29, 1.82) is 0 Å². The van der Waals surface area contributed by atoms with E-state index in [1.54, 1.807) is 17.0 Å². The van der Waals surface area contributed by atoms with Crippen molar-refractivity contribution in [3.05, 3.63) is 59.9 Å². The lowest BCUT2D eigenvalue weighted by Gasteiger charge is -2.26. The van der Waals surface area contributed by atoms with Gasteiger partial charge in [-0.05, 0) is 47.9 Å². The standard InChI is InChI=1S/C21H21FN2O3S/c22-16-7-5-15(6-8-16)21-18(17-3-1-2-4-19(17)23-21)9-10-20(25)24-11-13-28(26,27)14-12-24/h1-8,23H,9-14H2. The molecule has 2 heterocycles. The summed E-state index contributed by atoms with van der Waals surface area (Å²) in [5, 5.41) is 1.04. The summed E-state index contributed by atoms with van der Waals surface area (Å²) in [6, 6.07) is 14.2. The summed E-state index contributed by atoms with van der Waals surface area (Å²) in [7, 11) is -3.01. The molecule has 1 aliphatic rings. The summed E-state index contributed by atoms with van der Waals surface area (Å²) in [5.74, 6) is -0.263. The molecule has 146 valence electrons. The van der Waals surface area contributed by atoms with Crippen molar-refractivity contribution in [3.63, 3.8) is 0 Å². The first-order valence-corrected chi connectivity index (χ1v) is 11.1. The number of amides is 1. The number of carbonyl (C=O) groups is 1. The molecular formula is C21H21FN2O3S. The van der Waals surface area contributed by atoms with Crippen molar-refractivity contribution >= 4 is 26.6 Å². The van der Waals surface area contributed by atoms with Gasteiger partial charge >= 0.3 is 0 Å². The van der Waals surface area contributed by atoms with Gasteiger partial charge in [-0.25, -0.2) is 12.8 Å². The summed E-state index contributed by atoms with van der Waals surface area (Å²) in [6.45, 7) is 0.528. The minimum atomic E-state index is -3.01. The van der Waals surface area contributed by atoms with Crippen LogP contribution in [0.4, 0.5) is 4.39 Å². The van der Waals surface area contributed by atoms with Crippen molar-refractivity contribution in [2.24, 2.45) is 0 Å². The van der Waals surface area contributed by atoms with Gasteiger partial charge in [0.1, 0.15) is 5.82 Å². The Morgan fingerprint density at radius 1 is 1.04 bits per heavy atom. The molecule has 2 aromatic carbocycles. The summed E-state index contributed by atoms with van der Waals surface area (Å²) in [6.07, 6.45) is 0.828. The van der Waals surface area contributed by atoms with E-state index in [1.807, 2.05) is 24.3 Å². The highest BCUT2D eigenvalue weighted by atomic mass is 32.2. The van der Waals surface area contributed by atoms with Crippen LogP contribution in [0.15, 0.2) is 48.5 Å². The van der Waals surface area contributed by atoms with E-state index in [4.69, 9.17) is 0 Å². The number of nitrogens with zero attached hydrogens (tertiary/aromatic N) is 1. The molecule has 28 heavy (non-hydrogen) atoms. The van der Waals surface area contributed by atoms with E-state index in [-0.39, 0.29) is 36.3 Å². The second-order valence-electron chi connectivity index (χ2n) is 7.06. The van der Waals surface area contributed by atoms with E-state index in [9.17, 15) is 17.6 Å². The lowest BCUT2D eigenvalue weighted by atomic mass is 10.0. The Labute approximate surface area is 163 Å². The Morgan fingerprint density at radius 3 is 2.43 bits per heavy atom. The van der Waals surface area contributed by atoms with Crippen LogP contribution in [-0.4, -0.2) is 48.8 Å². The van der Waals surface area contributed by atoms with Crippen LogP contribution in [0.25, 0.3) is 22.2 Å². The quantitative estimate of drug-likeness (QED) is 0.731. The molecule has 3 aromatic rings. The van der Waals surface area contributed by atoms with E-state index >= 15 is 0 Å². The van der Waals surface area contributed by atoms with Crippen molar-refractivity contribution in [1.82, 2.24) is 9.88 Å². The maximum Gasteiger partial charge on any atom is 0.222 e. The summed E-state index contributed by atoms with van der Waals surface area (Å²) in [4.78, 5) is 17.6. The fourth-order valence-corrected chi connectivity index (χ4v) is 4.88. The van der Waals surface area contributed by atoms with Crippen LogP contribution in [0.1, 0.15) is 12.0 Å². The molecule has 1 aliphatic heterocycles. The third-order valence-corrected chi connectivity index (χ3v) is 6.84. The number of nitrogens with one attached hydrogen (secondary N) is 1. The maximum absolute atomic E-state index is 13.3. The number of carbonyl (C=O) groups excluding carboxylic acids is 1. The summed E-state index contributed by atoms with van der Waals surface area (Å²) >= 11 is 0. The van der Waals surface area contributed by atoms with Crippen LogP contribution in [0.5, 0.6) is 0 Å². The molecule has 0 radical (unpaired) electrons. The number of aromatic nitrogens is 1. The van der Waals surface area contributed by atoms with Gasteiger partial charge in [-0.15, -0.1) is 0 Å². The number of fused-ring (bicyclic) bond motifs is 1. The maximum atomic E-state index is 13.3. The smallest absolute Gasteiger partial charge is 0.222 e. The first kappa shape index (κ1) is 18.7. The number of para-hydroxylation sites is 1. The zero-order valence-corrected chi connectivity index (χ0v) is 16.1. The number of sulfone groups is 1. The molecule has 0 atom stereocenters. The number of H-pyrrole nitrogens is 1. The third-order valence-electron chi connectivity index (χ3n) is 5.23. The molecule has 1 amide bonds. The molecule has 1 saturated heterocycles. The molecule has 1 fully saturated rings. The molecule has 0 bridgehead atoms. The predicted molar refractivity (Wildman–Crippen MR) is 107 cm³/mol. The Hall–Kier alpha value is -2.67. The van der Waals surface area contributed by atoms with Gasteiger partial charge in [0.25, 0.3) is 0 Å². The molecule has 0 unspecified atom stereocenters. The minimum Gasteiger partial charge on any atom is -0.354 e. The average molecular weight is 400 g/mol. The van der Waals surface area contributed by atoms with Crippen molar-refractivity contribution in [3.8, 4) is 11.3 Å². The third kappa shape index (κ3) is 3.80. The SMILES string of the molecule is O=C(CCc1c(-c2ccc(F)cc2)[nH]c2ccccc12)N1CCS(=O)(=O)CC1. The van der Waals surface area contributed by atoms with Crippen LogP contribution in [0, 0.1) is 5.82 Å². The van der Waals surface area contributed by atoms with Crippen LogP contribution < -0.4 is 0 Å². The number of aromatic amines is 1. The van der Waals surface area contributed by atoms with Crippen LogP contribution in [0.3, 0.4) is 0 Å². The van der Waals surface area contributed by atoms with Gasteiger partial charge < -0.3 is 9.88 Å². The van der Waals surface area contributed by atoms with Crippen LogP contribution >= 0.6 is 0 Å². The zero-order chi connectivity index (χ0) is 19.7. The first-order valence-electron chi connectivity index (χ1n) is 9.27. The Morgan fingerprint density at radius 2 is 1.71 bits per heavy atom. The van der Waals surface area contributed by atoms with Gasteiger partial charge in [-0.1, -0.05) is 18.2 Å². The van der Waals surface area contributed by atoms with Crippen LogP contribution in [0.2, 0.25) is 0 Å². The van der Waals surface area contributed by atoms with Gasteiger partial charge in [0, 0.05) is 36.1 Å². The van der Waals surface area contributed by atoms with Gasteiger partial charge in [0.2, 0.25) is 5.91 Å². The zero-order valence-electron chi connectivity index (χ0n) is 15.3. The fourth-order valence-electron chi connectivity index (χ4n) is 3.67. The van der Waals surface area contributed by atoms with Gasteiger partial charge in [0.05, 0.1) is 11.5 Å². The van der Waals surface area contributed by atoms with Crippen molar-refractivity contribution in [2.75, 3.05) is 24.6 Å². The summed E-state index contributed by atoms with van der Waals surface area (Å²) in [5.41, 5.74) is 3.73. The monoisotopic (exact) mass is 400 g/mol.